The van der Waals surface area contributed by atoms with Crippen molar-refractivity contribution >= 4 is 39.3 Å². The number of carbonyl (C=O) groups is 1. The maximum atomic E-state index is 13.0. The van der Waals surface area contributed by atoms with Gasteiger partial charge in [-0.1, -0.05) is 0 Å². The summed E-state index contributed by atoms with van der Waals surface area (Å²) < 4.78 is 18.1. The van der Waals surface area contributed by atoms with Crippen LogP contribution in [0.2, 0.25) is 0 Å². The van der Waals surface area contributed by atoms with E-state index >= 15 is 0 Å². The first kappa shape index (κ1) is 18.6. The third kappa shape index (κ3) is 3.66. The molecule has 0 aliphatic rings. The molecule has 1 atom stereocenters. The summed E-state index contributed by atoms with van der Waals surface area (Å²) >= 11 is 2.62. The van der Waals surface area contributed by atoms with Crippen molar-refractivity contribution in [2.45, 2.75) is 30.9 Å². The number of benzene rings is 1. The molecule has 136 valence electrons. The highest BCUT2D eigenvalue weighted by Gasteiger charge is 2.21. The molecule has 0 saturated heterocycles. The number of nitrogens with one attached hydrogen (secondary N) is 1. The molecule has 1 N–H and O–H groups in total. The number of aromatic nitrogens is 2. The van der Waals surface area contributed by atoms with Gasteiger partial charge in [-0.3, -0.25) is 4.79 Å². The Balaban J connectivity index is 1.96. The monoisotopic (exact) mass is 392 g/mol. The van der Waals surface area contributed by atoms with Crippen LogP contribution >= 0.6 is 23.1 Å². The first-order chi connectivity index (χ1) is 12.4. The van der Waals surface area contributed by atoms with Gasteiger partial charge in [0.25, 0.3) is 5.56 Å². The largest absolute Gasteiger partial charge is 0.462 e. The van der Waals surface area contributed by atoms with E-state index in [1.54, 1.807) is 26.0 Å². The van der Waals surface area contributed by atoms with Gasteiger partial charge in [0.05, 0.1) is 17.2 Å². The summed E-state index contributed by atoms with van der Waals surface area (Å²) in [5, 5.41) is 0.270. The van der Waals surface area contributed by atoms with E-state index in [-0.39, 0.29) is 23.2 Å². The molecule has 0 bridgehead atoms. The molecule has 2 heterocycles. The molecule has 5 nitrogen and oxygen atoms in total. The second-order valence-corrected chi connectivity index (χ2v) is 8.04. The number of thiophene rings is 1. The van der Waals surface area contributed by atoms with Crippen molar-refractivity contribution in [1.82, 2.24) is 9.97 Å². The van der Waals surface area contributed by atoms with Crippen molar-refractivity contribution in [3.63, 3.8) is 0 Å². The van der Waals surface area contributed by atoms with E-state index in [2.05, 4.69) is 9.97 Å². The third-order valence-electron chi connectivity index (χ3n) is 3.79. The highest BCUT2D eigenvalue weighted by atomic mass is 32.2. The minimum atomic E-state index is -0.442. The predicted octanol–water partition coefficient (Wildman–Crippen LogP) is 4.46. The Bertz CT molecular complexity index is 1010. The van der Waals surface area contributed by atoms with Crippen LogP contribution in [0.25, 0.3) is 10.2 Å². The number of H-pyrrole nitrogens is 1. The number of fused-ring (bicyclic) bond motifs is 1. The fraction of sp³-hybridized carbons (Fsp3) is 0.278. The van der Waals surface area contributed by atoms with E-state index in [0.29, 0.717) is 26.5 Å². The number of nitrogens with zero attached hydrogens (tertiary/aromatic N) is 1. The van der Waals surface area contributed by atoms with Crippen molar-refractivity contribution in [2.75, 3.05) is 6.61 Å². The number of hydrogen-bond donors (Lipinski definition) is 1. The quantitative estimate of drug-likeness (QED) is 0.513. The lowest BCUT2D eigenvalue weighted by Gasteiger charge is -2.10. The fourth-order valence-electron chi connectivity index (χ4n) is 2.52. The fourth-order valence-corrected chi connectivity index (χ4v) is 4.52. The van der Waals surface area contributed by atoms with Crippen LogP contribution in [0.4, 0.5) is 4.39 Å². The van der Waals surface area contributed by atoms with Gasteiger partial charge in [0.15, 0.2) is 0 Å². The van der Waals surface area contributed by atoms with Crippen LogP contribution in [-0.2, 0) is 4.74 Å². The molecule has 2 aromatic heterocycles. The number of halogens is 1. The van der Waals surface area contributed by atoms with Crippen LogP contribution in [0.15, 0.2) is 34.0 Å². The van der Waals surface area contributed by atoms with Gasteiger partial charge in [-0.2, -0.15) is 0 Å². The van der Waals surface area contributed by atoms with Crippen molar-refractivity contribution < 1.29 is 13.9 Å². The number of esters is 1. The Hall–Kier alpha value is -2.19. The number of carbonyl (C=O) groups excluding carboxylic acids is 1. The van der Waals surface area contributed by atoms with Gasteiger partial charge in [-0.05, 0) is 50.6 Å². The standard InChI is InChI=1S/C18H17FN2O3S2/c1-4-24-18(23)14-9(2)13-16(22)20-15(21-17(13)26-14)10(3)25-12-7-5-11(19)6-8-12/h5-8,10H,4H2,1-3H3,(H,20,21,22)/t10-/m0/s1. The van der Waals surface area contributed by atoms with Gasteiger partial charge >= 0.3 is 5.97 Å². The number of aromatic amines is 1. The molecular weight excluding hydrogens is 375 g/mol. The first-order valence-corrected chi connectivity index (χ1v) is 9.73. The summed E-state index contributed by atoms with van der Waals surface area (Å²) in [5.74, 6) is -0.230. The lowest BCUT2D eigenvalue weighted by molar-refractivity contribution is 0.0531. The molecule has 8 heteroatoms. The van der Waals surface area contributed by atoms with E-state index in [9.17, 15) is 14.0 Å². The zero-order valence-electron chi connectivity index (χ0n) is 14.5. The van der Waals surface area contributed by atoms with Crippen LogP contribution in [0.1, 0.15) is 40.2 Å². The number of hydrogen-bond acceptors (Lipinski definition) is 6. The first-order valence-electron chi connectivity index (χ1n) is 8.03. The van der Waals surface area contributed by atoms with Crippen LogP contribution in [0, 0.1) is 12.7 Å². The molecule has 3 rings (SSSR count). The van der Waals surface area contributed by atoms with Crippen molar-refractivity contribution in [1.29, 1.82) is 0 Å². The molecule has 0 spiro atoms. The van der Waals surface area contributed by atoms with E-state index < -0.39 is 5.97 Å². The average molecular weight is 392 g/mol. The molecule has 0 aliphatic carbocycles. The number of thioether (sulfide) groups is 1. The normalized spacial score (nSPS) is 12.3. The Morgan fingerprint density at radius 2 is 2.08 bits per heavy atom. The lowest BCUT2D eigenvalue weighted by atomic mass is 10.2. The van der Waals surface area contributed by atoms with Gasteiger partial charge in [-0.25, -0.2) is 14.2 Å². The second-order valence-electron chi connectivity index (χ2n) is 5.62. The molecule has 0 saturated carbocycles. The summed E-state index contributed by atoms with van der Waals surface area (Å²) in [6.07, 6.45) is 0. The van der Waals surface area contributed by atoms with Crippen molar-refractivity contribution in [3.8, 4) is 0 Å². The molecule has 3 aromatic rings. The van der Waals surface area contributed by atoms with Gasteiger partial charge in [-0.15, -0.1) is 23.1 Å². The summed E-state index contributed by atoms with van der Waals surface area (Å²) in [6.45, 7) is 5.63. The van der Waals surface area contributed by atoms with E-state index in [1.807, 2.05) is 6.92 Å². The third-order valence-corrected chi connectivity index (χ3v) is 6.08. The Labute approximate surface area is 157 Å². The van der Waals surface area contributed by atoms with Gasteiger partial charge in [0.2, 0.25) is 0 Å². The summed E-state index contributed by atoms with van der Waals surface area (Å²) in [5.41, 5.74) is 0.309. The zero-order chi connectivity index (χ0) is 18.8. The van der Waals surface area contributed by atoms with Crippen LogP contribution in [-0.4, -0.2) is 22.5 Å². The second kappa shape index (κ2) is 7.59. The van der Waals surface area contributed by atoms with Crippen LogP contribution in [0.3, 0.4) is 0 Å². The molecule has 26 heavy (non-hydrogen) atoms. The summed E-state index contributed by atoms with van der Waals surface area (Å²) in [4.78, 5) is 33.7. The minimum absolute atomic E-state index is 0.147. The number of aryl methyl sites for hydroxylation is 1. The van der Waals surface area contributed by atoms with Crippen molar-refractivity contribution in [2.24, 2.45) is 0 Å². The molecule has 0 unspecified atom stereocenters. The Morgan fingerprint density at radius 3 is 2.73 bits per heavy atom. The van der Waals surface area contributed by atoms with Crippen molar-refractivity contribution in [3.05, 3.63) is 56.7 Å². The highest BCUT2D eigenvalue weighted by Crippen LogP contribution is 2.34. The summed E-state index contributed by atoms with van der Waals surface area (Å²) in [7, 11) is 0. The highest BCUT2D eigenvalue weighted by molar-refractivity contribution is 7.99. The number of ether oxygens (including phenoxy) is 1. The Morgan fingerprint density at radius 1 is 1.38 bits per heavy atom. The van der Waals surface area contributed by atoms with Crippen LogP contribution < -0.4 is 5.56 Å². The predicted molar refractivity (Wildman–Crippen MR) is 102 cm³/mol. The lowest BCUT2D eigenvalue weighted by Crippen LogP contribution is -2.12. The van der Waals surface area contributed by atoms with E-state index in [1.165, 1.54) is 23.9 Å². The Kier molecular flexibility index (Phi) is 5.43. The van der Waals surface area contributed by atoms with Crippen LogP contribution in [0.5, 0.6) is 0 Å². The molecular formula is C18H17FN2O3S2. The van der Waals surface area contributed by atoms with Gasteiger partial charge < -0.3 is 9.72 Å². The molecule has 1 aromatic carbocycles. The molecule has 0 amide bonds. The minimum Gasteiger partial charge on any atom is -0.462 e. The van der Waals surface area contributed by atoms with Gasteiger partial charge in [0, 0.05) is 4.90 Å². The van der Waals surface area contributed by atoms with E-state index in [4.69, 9.17) is 4.74 Å². The maximum Gasteiger partial charge on any atom is 0.348 e. The van der Waals surface area contributed by atoms with Gasteiger partial charge in [0.1, 0.15) is 21.3 Å². The summed E-state index contributed by atoms with van der Waals surface area (Å²) in [6, 6.07) is 6.15. The zero-order valence-corrected chi connectivity index (χ0v) is 16.1. The average Bonchev–Trinajstić information content (AvgIpc) is 2.94. The smallest absolute Gasteiger partial charge is 0.348 e. The SMILES string of the molecule is CCOC(=O)c1sc2nc([C@H](C)Sc3ccc(F)cc3)[nH]c(=O)c2c1C. The molecule has 0 aliphatic heterocycles. The number of rotatable bonds is 5. The maximum absolute atomic E-state index is 13.0. The van der Waals surface area contributed by atoms with E-state index in [0.717, 1.165) is 16.2 Å². The molecule has 0 fully saturated rings. The topological polar surface area (TPSA) is 72.0 Å². The molecule has 0 radical (unpaired) electrons.